The van der Waals surface area contributed by atoms with Crippen molar-refractivity contribution in [3.8, 4) is 28.6 Å². The molecule has 7 N–H and O–H groups in total. The van der Waals surface area contributed by atoms with Crippen LogP contribution in [0.25, 0.3) is 33.3 Å². The van der Waals surface area contributed by atoms with Gasteiger partial charge in [-0.15, -0.1) is 0 Å². The molecule has 1 aliphatic rings. The lowest BCUT2D eigenvalue weighted by atomic mass is 9.94. The number of imidazole rings is 1. The van der Waals surface area contributed by atoms with E-state index in [-0.39, 0.29) is 37.7 Å². The SMILES string of the molecule is CCCNC(=O)COc1ccc(C=O)cc1.COC(=O)COc1ccc2[nH]cc(C(NC(=O)c3ccc4c(c3)nc(-c3ccc(OCC(=O)NCC[NH3+])cc3)n4C3CCCCC3)C(=O)OC)c2c1. The van der Waals surface area contributed by atoms with E-state index in [0.717, 1.165) is 55.3 Å². The van der Waals surface area contributed by atoms with Gasteiger partial charge >= 0.3 is 11.9 Å². The maximum atomic E-state index is 13.8. The second kappa shape index (κ2) is 24.7. The molecule has 6 aromatic rings. The third-order valence-electron chi connectivity index (χ3n) is 11.1. The number of nitrogens with zero attached hydrogens (tertiary/aromatic N) is 2. The van der Waals surface area contributed by atoms with Crippen molar-refractivity contribution in [2.75, 3.05) is 53.7 Å². The van der Waals surface area contributed by atoms with Crippen LogP contribution in [0, 0.1) is 0 Å². The Kier molecular flexibility index (Phi) is 18.0. The highest BCUT2D eigenvalue weighted by molar-refractivity contribution is 6.01. The summed E-state index contributed by atoms with van der Waals surface area (Å²) in [6, 6.07) is 23.7. The number of aldehydes is 1. The Hall–Kier alpha value is -7.73. The summed E-state index contributed by atoms with van der Waals surface area (Å²) in [5.41, 5.74) is 8.22. The third kappa shape index (κ3) is 13.2. The van der Waals surface area contributed by atoms with Gasteiger partial charge in [-0.3, -0.25) is 19.2 Å². The monoisotopic (exact) mass is 932 g/mol. The van der Waals surface area contributed by atoms with Gasteiger partial charge in [0.2, 0.25) is 0 Å². The van der Waals surface area contributed by atoms with Crippen LogP contribution in [0.2, 0.25) is 0 Å². The molecule has 4 aromatic carbocycles. The van der Waals surface area contributed by atoms with E-state index in [0.29, 0.717) is 70.0 Å². The average Bonchev–Trinajstić information content (AvgIpc) is 3.98. The fourth-order valence-corrected chi connectivity index (χ4v) is 7.63. The van der Waals surface area contributed by atoms with E-state index in [4.69, 9.17) is 23.9 Å². The summed E-state index contributed by atoms with van der Waals surface area (Å²) in [7, 11) is 2.53. The number of amides is 3. The highest BCUT2D eigenvalue weighted by Gasteiger charge is 2.28. The van der Waals surface area contributed by atoms with Crippen LogP contribution >= 0.6 is 0 Å². The molecule has 0 saturated heterocycles. The molecule has 7 rings (SSSR count). The first-order valence-corrected chi connectivity index (χ1v) is 22.5. The zero-order valence-corrected chi connectivity index (χ0v) is 38.5. The minimum atomic E-state index is -1.15. The van der Waals surface area contributed by atoms with Gasteiger partial charge in [-0.1, -0.05) is 26.2 Å². The van der Waals surface area contributed by atoms with Gasteiger partial charge in [0, 0.05) is 51.9 Å². The zero-order valence-electron chi connectivity index (χ0n) is 38.5. The molecule has 1 atom stereocenters. The van der Waals surface area contributed by atoms with Gasteiger partial charge in [-0.25, -0.2) is 14.6 Å². The number of aromatic amines is 1. The summed E-state index contributed by atoms with van der Waals surface area (Å²) in [6.07, 6.45) is 8.77. The van der Waals surface area contributed by atoms with Crippen molar-refractivity contribution in [1.29, 1.82) is 0 Å². The Morgan fingerprint density at radius 1 is 0.794 bits per heavy atom. The Bertz CT molecular complexity index is 2670. The molecule has 1 unspecified atom stereocenters. The number of carbonyl (C=O) groups is 6. The van der Waals surface area contributed by atoms with Crippen molar-refractivity contribution >= 4 is 57.9 Å². The Balaban J connectivity index is 0.000000404. The number of methoxy groups -OCH3 is 2. The van der Waals surface area contributed by atoms with Gasteiger partial charge in [0.1, 0.15) is 29.4 Å². The Morgan fingerprint density at radius 2 is 1.44 bits per heavy atom. The molecule has 1 aliphatic carbocycles. The quantitative estimate of drug-likeness (QED) is 0.0500. The van der Waals surface area contributed by atoms with Crippen LogP contribution in [0.15, 0.2) is 91.1 Å². The second-order valence-corrected chi connectivity index (χ2v) is 15.9. The van der Waals surface area contributed by atoms with Crippen molar-refractivity contribution in [3.05, 3.63) is 108 Å². The lowest BCUT2D eigenvalue weighted by molar-refractivity contribution is -0.364. The summed E-state index contributed by atoms with van der Waals surface area (Å²) >= 11 is 0. The number of ether oxygens (including phenoxy) is 5. The number of hydrogen-bond donors (Lipinski definition) is 5. The van der Waals surface area contributed by atoms with Gasteiger partial charge < -0.3 is 54.9 Å². The van der Waals surface area contributed by atoms with Crippen LogP contribution in [-0.4, -0.2) is 104 Å². The molecule has 2 aromatic heterocycles. The lowest BCUT2D eigenvalue weighted by Crippen LogP contribution is -2.55. The number of quaternary nitrogens is 1. The smallest absolute Gasteiger partial charge is 0.343 e. The van der Waals surface area contributed by atoms with E-state index in [1.807, 2.05) is 37.3 Å². The van der Waals surface area contributed by atoms with E-state index in [9.17, 15) is 28.8 Å². The fourth-order valence-electron chi connectivity index (χ4n) is 7.63. The molecule has 0 bridgehead atoms. The predicted molar refractivity (Wildman–Crippen MR) is 252 cm³/mol. The van der Waals surface area contributed by atoms with Crippen molar-refractivity contribution in [2.45, 2.75) is 57.5 Å². The number of aromatic nitrogens is 3. The van der Waals surface area contributed by atoms with Crippen molar-refractivity contribution in [1.82, 2.24) is 30.5 Å². The van der Waals surface area contributed by atoms with Crippen LogP contribution < -0.4 is 35.9 Å². The molecule has 68 heavy (non-hydrogen) atoms. The lowest BCUT2D eigenvalue weighted by Gasteiger charge is -2.25. The molecule has 0 spiro atoms. The first-order chi connectivity index (χ1) is 33.0. The molecule has 1 fully saturated rings. The molecule has 358 valence electrons. The van der Waals surface area contributed by atoms with Gasteiger partial charge in [-0.05, 0) is 104 Å². The Labute approximate surface area is 393 Å². The highest BCUT2D eigenvalue weighted by atomic mass is 16.6. The number of benzene rings is 4. The number of H-pyrrole nitrogens is 1. The van der Waals surface area contributed by atoms with E-state index in [2.05, 4.69) is 36.0 Å². The molecule has 18 heteroatoms. The summed E-state index contributed by atoms with van der Waals surface area (Å²) in [4.78, 5) is 80.3. The summed E-state index contributed by atoms with van der Waals surface area (Å²) < 4.78 is 28.5. The molecular weight excluding hydrogens is 875 g/mol. The third-order valence-corrected chi connectivity index (χ3v) is 11.1. The maximum absolute atomic E-state index is 13.8. The molecular formula is C50H58N7O11+. The number of fused-ring (bicyclic) bond motifs is 2. The number of hydrogen-bond acceptors (Lipinski definition) is 12. The zero-order chi connectivity index (χ0) is 48.4. The van der Waals surface area contributed by atoms with Gasteiger partial charge in [0.25, 0.3) is 17.7 Å². The van der Waals surface area contributed by atoms with E-state index >= 15 is 0 Å². The number of esters is 2. The molecule has 3 amide bonds. The fraction of sp³-hybridized carbons (Fsp3) is 0.340. The van der Waals surface area contributed by atoms with Crippen LogP contribution in [0.3, 0.4) is 0 Å². The number of nitrogens with one attached hydrogen (secondary N) is 4. The average molecular weight is 933 g/mol. The topological polar surface area (TPSA) is 246 Å². The summed E-state index contributed by atoms with van der Waals surface area (Å²) in [6.45, 7) is 3.37. The van der Waals surface area contributed by atoms with Gasteiger partial charge in [-0.2, -0.15) is 0 Å². The molecule has 2 heterocycles. The molecule has 18 nitrogen and oxygen atoms in total. The van der Waals surface area contributed by atoms with Crippen LogP contribution in [0.4, 0.5) is 0 Å². The molecule has 0 aliphatic heterocycles. The number of carbonyl (C=O) groups excluding carboxylic acids is 6. The Morgan fingerprint density at radius 3 is 2.07 bits per heavy atom. The van der Waals surface area contributed by atoms with E-state index in [1.165, 1.54) is 20.6 Å². The van der Waals surface area contributed by atoms with Crippen molar-refractivity contribution in [2.24, 2.45) is 0 Å². The first-order valence-electron chi connectivity index (χ1n) is 22.5. The highest BCUT2D eigenvalue weighted by Crippen LogP contribution is 2.37. The first kappa shape index (κ1) is 49.7. The molecule has 0 radical (unpaired) electrons. The minimum absolute atomic E-state index is 0.000432. The van der Waals surface area contributed by atoms with Crippen molar-refractivity contribution < 1.29 is 58.2 Å². The van der Waals surface area contributed by atoms with Crippen LogP contribution in [-0.2, 0) is 28.7 Å². The summed E-state index contributed by atoms with van der Waals surface area (Å²) in [5.74, 6) is 0.279. The predicted octanol–water partition coefficient (Wildman–Crippen LogP) is 5.03. The summed E-state index contributed by atoms with van der Waals surface area (Å²) in [5, 5.41) is 8.91. The van der Waals surface area contributed by atoms with Crippen LogP contribution in [0.5, 0.6) is 17.2 Å². The van der Waals surface area contributed by atoms with E-state index < -0.39 is 23.9 Å². The van der Waals surface area contributed by atoms with E-state index in [1.54, 1.807) is 60.8 Å². The standard InChI is InChI=1S/C38H42N6O8.C12H15NO3/c1-49-34(46)22-52-27-13-14-30-28(19-27)29(20-41-30)35(38(48)50-2)43-37(47)24-10-15-32-31(18-24)42-36(44(32)25-6-4-3-5-7-25)23-8-11-26(12-9-23)51-21-33(45)40-17-16-39;1-2-7-13-12(15)9-16-11-5-3-10(8-14)4-6-11/h8-15,18-20,25,35,41H,3-7,16-17,21-22,39H2,1-2H3,(H,40,45)(H,43,47);3-6,8H,2,7,9H2,1H3,(H,13,15)/p+1. The van der Waals surface area contributed by atoms with Gasteiger partial charge in [0.05, 0.1) is 38.3 Å². The minimum Gasteiger partial charge on any atom is -0.484 e. The van der Waals surface area contributed by atoms with Crippen LogP contribution in [0.1, 0.15) is 83.8 Å². The van der Waals surface area contributed by atoms with Gasteiger partial charge in [0.15, 0.2) is 25.9 Å². The largest absolute Gasteiger partial charge is 0.484 e. The maximum Gasteiger partial charge on any atom is 0.343 e. The normalized spacial score (nSPS) is 12.8. The molecule has 1 saturated carbocycles. The van der Waals surface area contributed by atoms with Crippen molar-refractivity contribution in [3.63, 3.8) is 0 Å². The number of rotatable bonds is 20. The second-order valence-electron chi connectivity index (χ2n) is 15.9.